The molecule has 1 unspecified atom stereocenters. The van der Waals surface area contributed by atoms with Crippen LogP contribution in [0.3, 0.4) is 0 Å². The van der Waals surface area contributed by atoms with E-state index in [1.165, 1.54) is 5.56 Å². The van der Waals surface area contributed by atoms with Gasteiger partial charge in [-0.15, -0.1) is 0 Å². The van der Waals surface area contributed by atoms with E-state index in [-0.39, 0.29) is 11.9 Å². The van der Waals surface area contributed by atoms with Crippen LogP contribution in [0.2, 0.25) is 0 Å². The predicted molar refractivity (Wildman–Crippen MR) is 60.9 cm³/mol. The monoisotopic (exact) mass is 204 g/mol. The zero-order chi connectivity index (χ0) is 10.8. The molecule has 0 aliphatic carbocycles. The summed E-state index contributed by atoms with van der Waals surface area (Å²) in [5, 5.41) is 6.14. The van der Waals surface area contributed by atoms with Crippen molar-refractivity contribution in [2.24, 2.45) is 0 Å². The van der Waals surface area contributed by atoms with E-state index >= 15 is 0 Å². The minimum atomic E-state index is -0.170. The maximum absolute atomic E-state index is 11.7. The summed E-state index contributed by atoms with van der Waals surface area (Å²) in [6, 6.07) is 5.92. The number of amides is 1. The average molecular weight is 204 g/mol. The van der Waals surface area contributed by atoms with E-state index in [2.05, 4.69) is 23.6 Å². The summed E-state index contributed by atoms with van der Waals surface area (Å²) in [4.78, 5) is 11.7. The third-order valence-corrected chi connectivity index (χ3v) is 2.79. The number of benzene rings is 1. The number of likely N-dealkylation sites (N-methyl/N-ethyl adjacent to an activating group) is 1. The molecule has 0 saturated heterocycles. The van der Waals surface area contributed by atoms with Crippen LogP contribution in [0.5, 0.6) is 0 Å². The molecular formula is C12H16N2O. The van der Waals surface area contributed by atoms with Crippen molar-refractivity contribution in [2.75, 3.05) is 11.9 Å². The molecule has 1 atom stereocenters. The van der Waals surface area contributed by atoms with Gasteiger partial charge in [-0.25, -0.2) is 0 Å². The Kier molecular flexibility index (Phi) is 2.73. The van der Waals surface area contributed by atoms with Gasteiger partial charge in [0.2, 0.25) is 5.91 Å². The SMILES string of the molecule is CCNC1C(=O)Nc2c(CC)cccc21. The summed E-state index contributed by atoms with van der Waals surface area (Å²) in [5.41, 5.74) is 3.30. The second-order valence-corrected chi connectivity index (χ2v) is 3.71. The van der Waals surface area contributed by atoms with Crippen LogP contribution in [-0.4, -0.2) is 12.5 Å². The van der Waals surface area contributed by atoms with Crippen molar-refractivity contribution in [3.63, 3.8) is 0 Å². The van der Waals surface area contributed by atoms with Crippen molar-refractivity contribution in [3.8, 4) is 0 Å². The highest BCUT2D eigenvalue weighted by Crippen LogP contribution is 2.33. The van der Waals surface area contributed by atoms with Gasteiger partial charge >= 0.3 is 0 Å². The summed E-state index contributed by atoms with van der Waals surface area (Å²) < 4.78 is 0. The van der Waals surface area contributed by atoms with Crippen LogP contribution >= 0.6 is 0 Å². The number of rotatable bonds is 3. The van der Waals surface area contributed by atoms with E-state index < -0.39 is 0 Å². The molecule has 3 heteroatoms. The molecule has 0 aromatic heterocycles. The van der Waals surface area contributed by atoms with Crippen LogP contribution in [0.15, 0.2) is 18.2 Å². The lowest BCUT2D eigenvalue weighted by Crippen LogP contribution is -2.27. The fourth-order valence-electron chi connectivity index (χ4n) is 2.05. The van der Waals surface area contributed by atoms with E-state index in [1.807, 2.05) is 19.1 Å². The topological polar surface area (TPSA) is 41.1 Å². The number of carbonyl (C=O) groups is 1. The molecule has 1 amide bonds. The number of nitrogens with one attached hydrogen (secondary N) is 2. The summed E-state index contributed by atoms with van der Waals surface area (Å²) in [5.74, 6) is 0.0627. The lowest BCUT2D eigenvalue weighted by atomic mass is 10.0. The molecule has 1 aliphatic heterocycles. The molecule has 2 N–H and O–H groups in total. The maximum Gasteiger partial charge on any atom is 0.246 e. The minimum Gasteiger partial charge on any atom is -0.324 e. The number of para-hydroxylation sites is 1. The number of anilines is 1. The van der Waals surface area contributed by atoms with Crippen molar-refractivity contribution in [3.05, 3.63) is 29.3 Å². The molecule has 0 spiro atoms. The Morgan fingerprint density at radius 1 is 1.40 bits per heavy atom. The van der Waals surface area contributed by atoms with Crippen LogP contribution in [0.4, 0.5) is 5.69 Å². The Balaban J connectivity index is 2.41. The molecule has 0 radical (unpaired) electrons. The lowest BCUT2D eigenvalue weighted by molar-refractivity contribution is -0.117. The largest absolute Gasteiger partial charge is 0.324 e. The van der Waals surface area contributed by atoms with Crippen molar-refractivity contribution in [1.82, 2.24) is 5.32 Å². The standard InChI is InChI=1S/C12H16N2O/c1-3-8-6-5-7-9-10(8)14-12(15)11(9)13-4-2/h5-7,11,13H,3-4H2,1-2H3,(H,14,15). The van der Waals surface area contributed by atoms with Crippen molar-refractivity contribution >= 4 is 11.6 Å². The zero-order valence-corrected chi connectivity index (χ0v) is 9.13. The van der Waals surface area contributed by atoms with Crippen LogP contribution in [-0.2, 0) is 11.2 Å². The third kappa shape index (κ3) is 1.63. The summed E-state index contributed by atoms with van der Waals surface area (Å²) in [6.45, 7) is 4.91. The van der Waals surface area contributed by atoms with Crippen LogP contribution in [0, 0.1) is 0 Å². The fourth-order valence-corrected chi connectivity index (χ4v) is 2.05. The van der Waals surface area contributed by atoms with E-state index in [0.29, 0.717) is 0 Å². The number of aryl methyl sites for hydroxylation is 1. The molecule has 1 heterocycles. The van der Waals surface area contributed by atoms with Gasteiger partial charge < -0.3 is 10.6 Å². The number of hydrogen-bond acceptors (Lipinski definition) is 2. The molecule has 2 rings (SSSR count). The first kappa shape index (κ1) is 10.2. The van der Waals surface area contributed by atoms with Gasteiger partial charge in [0.25, 0.3) is 0 Å². The highest BCUT2D eigenvalue weighted by molar-refractivity contribution is 6.03. The lowest BCUT2D eigenvalue weighted by Gasteiger charge is -2.09. The van der Waals surface area contributed by atoms with Crippen LogP contribution in [0.25, 0.3) is 0 Å². The summed E-state index contributed by atoms with van der Waals surface area (Å²) in [7, 11) is 0. The van der Waals surface area contributed by atoms with Gasteiger partial charge in [-0.05, 0) is 18.5 Å². The van der Waals surface area contributed by atoms with Crippen LogP contribution < -0.4 is 10.6 Å². The van der Waals surface area contributed by atoms with Gasteiger partial charge in [-0.3, -0.25) is 4.79 Å². The fraction of sp³-hybridized carbons (Fsp3) is 0.417. The van der Waals surface area contributed by atoms with Crippen molar-refractivity contribution in [2.45, 2.75) is 26.3 Å². The second-order valence-electron chi connectivity index (χ2n) is 3.71. The van der Waals surface area contributed by atoms with Gasteiger partial charge in [-0.1, -0.05) is 32.0 Å². The molecule has 1 aromatic rings. The van der Waals surface area contributed by atoms with Gasteiger partial charge in [0.1, 0.15) is 6.04 Å². The summed E-state index contributed by atoms with van der Waals surface area (Å²) >= 11 is 0. The Bertz CT molecular complexity index is 387. The quantitative estimate of drug-likeness (QED) is 0.789. The summed E-state index contributed by atoms with van der Waals surface area (Å²) in [6.07, 6.45) is 0.947. The highest BCUT2D eigenvalue weighted by Gasteiger charge is 2.30. The molecule has 0 bridgehead atoms. The van der Waals surface area contributed by atoms with E-state index in [1.54, 1.807) is 0 Å². The normalized spacial score (nSPS) is 18.8. The molecule has 0 fully saturated rings. The minimum absolute atomic E-state index is 0.0627. The van der Waals surface area contributed by atoms with E-state index in [0.717, 1.165) is 24.2 Å². The third-order valence-electron chi connectivity index (χ3n) is 2.79. The number of carbonyl (C=O) groups excluding carboxylic acids is 1. The van der Waals surface area contributed by atoms with E-state index in [4.69, 9.17) is 0 Å². The first-order valence-electron chi connectivity index (χ1n) is 5.44. The van der Waals surface area contributed by atoms with Crippen molar-refractivity contribution in [1.29, 1.82) is 0 Å². The second kappa shape index (κ2) is 4.03. The molecule has 3 nitrogen and oxygen atoms in total. The molecular weight excluding hydrogens is 188 g/mol. The first-order chi connectivity index (χ1) is 7.27. The van der Waals surface area contributed by atoms with Crippen LogP contribution in [0.1, 0.15) is 31.0 Å². The Labute approximate surface area is 89.9 Å². The Morgan fingerprint density at radius 2 is 2.20 bits per heavy atom. The highest BCUT2D eigenvalue weighted by atomic mass is 16.2. The molecule has 80 valence electrons. The maximum atomic E-state index is 11.7. The molecule has 15 heavy (non-hydrogen) atoms. The number of hydrogen-bond donors (Lipinski definition) is 2. The van der Waals surface area contributed by atoms with Gasteiger partial charge in [0.15, 0.2) is 0 Å². The zero-order valence-electron chi connectivity index (χ0n) is 9.13. The Morgan fingerprint density at radius 3 is 2.87 bits per heavy atom. The van der Waals surface area contributed by atoms with Gasteiger partial charge in [-0.2, -0.15) is 0 Å². The molecule has 0 saturated carbocycles. The van der Waals surface area contributed by atoms with Gasteiger partial charge in [0, 0.05) is 11.3 Å². The first-order valence-corrected chi connectivity index (χ1v) is 5.44. The van der Waals surface area contributed by atoms with Crippen molar-refractivity contribution < 1.29 is 4.79 Å². The average Bonchev–Trinajstić information content (AvgIpc) is 2.56. The molecule has 1 aromatic carbocycles. The predicted octanol–water partition coefficient (Wildman–Crippen LogP) is 1.85. The van der Waals surface area contributed by atoms with E-state index in [9.17, 15) is 4.79 Å². The Hall–Kier alpha value is -1.35. The number of fused-ring (bicyclic) bond motifs is 1. The smallest absolute Gasteiger partial charge is 0.246 e. The molecule has 1 aliphatic rings. The van der Waals surface area contributed by atoms with Gasteiger partial charge in [0.05, 0.1) is 0 Å².